The minimum Gasteiger partial charge on any atom is -0.467 e. The lowest BCUT2D eigenvalue weighted by atomic mass is 10.0. The van der Waals surface area contributed by atoms with E-state index in [1.165, 1.54) is 7.11 Å². The van der Waals surface area contributed by atoms with Crippen LogP contribution >= 0.6 is 0 Å². The second-order valence-electron chi connectivity index (χ2n) is 4.71. The van der Waals surface area contributed by atoms with Gasteiger partial charge in [0.05, 0.1) is 7.11 Å². The fraction of sp³-hybridized carbons (Fsp3) is 0.583. The Kier molecular flexibility index (Phi) is 5.34. The number of carbonyl (C=O) groups is 2. The maximum absolute atomic E-state index is 12.4. The van der Waals surface area contributed by atoms with Crippen LogP contribution in [0.2, 0.25) is 0 Å². The van der Waals surface area contributed by atoms with E-state index in [0.717, 1.165) is 16.9 Å². The zero-order valence-electron chi connectivity index (χ0n) is 11.8. The van der Waals surface area contributed by atoms with Crippen LogP contribution < -0.4 is 5.32 Å². The summed E-state index contributed by atoms with van der Waals surface area (Å²) < 4.78 is 42.5. The first kappa shape index (κ1) is 17.0. The quantitative estimate of drug-likeness (QED) is 0.830. The van der Waals surface area contributed by atoms with Gasteiger partial charge in [-0.25, -0.2) is 4.79 Å². The highest BCUT2D eigenvalue weighted by Crippen LogP contribution is 2.27. The Labute approximate surface area is 119 Å². The number of carbonyl (C=O) groups excluding carboxylic acids is 2. The molecule has 21 heavy (non-hydrogen) atoms. The molecule has 0 aliphatic rings. The average Bonchev–Trinajstić information content (AvgIpc) is 2.83. The highest BCUT2D eigenvalue weighted by molar-refractivity contribution is 5.84. The first-order chi connectivity index (χ1) is 9.65. The molecule has 1 aromatic rings. The molecule has 6 nitrogen and oxygen atoms in total. The molecule has 0 fully saturated rings. The summed E-state index contributed by atoms with van der Waals surface area (Å²) in [5.41, 5.74) is -1.08. The second kappa shape index (κ2) is 6.59. The molecule has 0 aliphatic heterocycles. The topological polar surface area (TPSA) is 73.2 Å². The third kappa shape index (κ3) is 4.76. The Morgan fingerprint density at radius 1 is 1.43 bits per heavy atom. The van der Waals surface area contributed by atoms with Crippen LogP contribution in [0.3, 0.4) is 0 Å². The summed E-state index contributed by atoms with van der Waals surface area (Å²) in [6.45, 7) is 2.99. The number of nitrogens with zero attached hydrogens (tertiary/aromatic N) is 2. The van der Waals surface area contributed by atoms with Gasteiger partial charge in [-0.3, -0.25) is 9.48 Å². The summed E-state index contributed by atoms with van der Waals surface area (Å²) in [6, 6.07) is -0.0896. The van der Waals surface area contributed by atoms with Crippen LogP contribution in [0.5, 0.6) is 0 Å². The lowest BCUT2D eigenvalue weighted by Gasteiger charge is -2.19. The summed E-state index contributed by atoms with van der Waals surface area (Å²) in [5.74, 6) is -1.46. The van der Waals surface area contributed by atoms with Crippen molar-refractivity contribution < 1.29 is 27.5 Å². The third-order valence-corrected chi connectivity index (χ3v) is 2.67. The average molecular weight is 307 g/mol. The van der Waals surface area contributed by atoms with Crippen molar-refractivity contribution in [2.45, 2.75) is 32.6 Å². The summed E-state index contributed by atoms with van der Waals surface area (Å²) in [5, 5.41) is 5.66. The van der Waals surface area contributed by atoms with E-state index in [2.05, 4.69) is 15.2 Å². The Morgan fingerprint density at radius 3 is 2.48 bits per heavy atom. The van der Waals surface area contributed by atoms with Gasteiger partial charge in [0.2, 0.25) is 5.91 Å². The third-order valence-electron chi connectivity index (χ3n) is 2.67. The van der Waals surface area contributed by atoms with E-state index in [0.29, 0.717) is 0 Å². The van der Waals surface area contributed by atoms with Crippen LogP contribution in [0.15, 0.2) is 12.3 Å². The predicted molar refractivity (Wildman–Crippen MR) is 66.0 cm³/mol. The van der Waals surface area contributed by atoms with Crippen molar-refractivity contribution in [1.82, 2.24) is 15.1 Å². The first-order valence-corrected chi connectivity index (χ1v) is 6.13. The summed E-state index contributed by atoms with van der Waals surface area (Å²) >= 11 is 0. The van der Waals surface area contributed by atoms with E-state index in [4.69, 9.17) is 0 Å². The maximum atomic E-state index is 12.4. The summed E-state index contributed by atoms with van der Waals surface area (Å²) in [7, 11) is 1.19. The molecule has 0 aromatic carbocycles. The molecular weight excluding hydrogens is 291 g/mol. The lowest BCUT2D eigenvalue weighted by molar-refractivity contribution is -0.146. The first-order valence-electron chi connectivity index (χ1n) is 6.13. The van der Waals surface area contributed by atoms with Gasteiger partial charge in [0.1, 0.15) is 12.6 Å². The number of methoxy groups -OCH3 is 1. The molecule has 1 amide bonds. The number of rotatable bonds is 5. The minimum atomic E-state index is -4.56. The SMILES string of the molecule is COC(=O)[C@@H](NC(=O)Cn1ccc(C(F)(F)F)n1)C(C)C. The zero-order valence-corrected chi connectivity index (χ0v) is 11.8. The van der Waals surface area contributed by atoms with E-state index in [1.807, 2.05) is 0 Å². The Bertz CT molecular complexity index is 511. The van der Waals surface area contributed by atoms with Gasteiger partial charge in [-0.1, -0.05) is 13.8 Å². The molecule has 0 spiro atoms. The van der Waals surface area contributed by atoms with Crippen molar-refractivity contribution in [1.29, 1.82) is 0 Å². The Morgan fingerprint density at radius 2 is 2.05 bits per heavy atom. The molecule has 0 aliphatic carbocycles. The highest BCUT2D eigenvalue weighted by atomic mass is 19.4. The van der Waals surface area contributed by atoms with Crippen LogP contribution in [0.1, 0.15) is 19.5 Å². The highest BCUT2D eigenvalue weighted by Gasteiger charge is 2.33. The van der Waals surface area contributed by atoms with Gasteiger partial charge in [-0.05, 0) is 12.0 Å². The van der Waals surface area contributed by atoms with Crippen LogP contribution in [0, 0.1) is 5.92 Å². The number of halogens is 3. The molecule has 9 heteroatoms. The van der Waals surface area contributed by atoms with Gasteiger partial charge in [0.15, 0.2) is 5.69 Å². The van der Waals surface area contributed by atoms with Crippen molar-refractivity contribution in [3.8, 4) is 0 Å². The molecule has 0 saturated heterocycles. The fourth-order valence-corrected chi connectivity index (χ4v) is 1.59. The van der Waals surface area contributed by atoms with E-state index in [9.17, 15) is 22.8 Å². The zero-order chi connectivity index (χ0) is 16.2. The molecule has 1 N–H and O–H groups in total. The number of hydrogen-bond donors (Lipinski definition) is 1. The normalized spacial score (nSPS) is 13.1. The number of ether oxygens (including phenoxy) is 1. The summed E-state index contributed by atoms with van der Waals surface area (Å²) in [4.78, 5) is 23.2. The molecule has 1 aromatic heterocycles. The standard InChI is InChI=1S/C12H16F3N3O3/c1-7(2)10(11(20)21-3)16-9(19)6-18-5-4-8(17-18)12(13,14)15/h4-5,7,10H,6H2,1-3H3,(H,16,19)/t10-/m0/s1. The van der Waals surface area contributed by atoms with Gasteiger partial charge in [0.25, 0.3) is 0 Å². The lowest BCUT2D eigenvalue weighted by Crippen LogP contribution is -2.46. The Balaban J connectivity index is 2.68. The van der Waals surface area contributed by atoms with Crippen LogP contribution in [-0.2, 0) is 27.0 Å². The largest absolute Gasteiger partial charge is 0.467 e. The molecule has 0 saturated carbocycles. The minimum absolute atomic E-state index is 0.218. The fourth-order valence-electron chi connectivity index (χ4n) is 1.59. The van der Waals surface area contributed by atoms with Crippen LogP contribution in [0.25, 0.3) is 0 Å². The monoisotopic (exact) mass is 307 g/mol. The van der Waals surface area contributed by atoms with Crippen LogP contribution in [-0.4, -0.2) is 34.8 Å². The molecule has 0 bridgehead atoms. The van der Waals surface area contributed by atoms with Crippen molar-refractivity contribution in [2.75, 3.05) is 7.11 Å². The van der Waals surface area contributed by atoms with Gasteiger partial charge < -0.3 is 10.1 Å². The number of amides is 1. The predicted octanol–water partition coefficient (Wildman–Crippen LogP) is 1.22. The second-order valence-corrected chi connectivity index (χ2v) is 4.71. The summed E-state index contributed by atoms with van der Waals surface area (Å²) in [6.07, 6.45) is -3.51. The molecule has 1 rings (SSSR count). The Hall–Kier alpha value is -2.06. The smallest absolute Gasteiger partial charge is 0.435 e. The molecule has 1 heterocycles. The molecular formula is C12H16F3N3O3. The van der Waals surface area contributed by atoms with Gasteiger partial charge in [-0.15, -0.1) is 0 Å². The molecule has 1 atom stereocenters. The van der Waals surface area contributed by atoms with E-state index < -0.39 is 36.3 Å². The number of hydrogen-bond acceptors (Lipinski definition) is 4. The van der Waals surface area contributed by atoms with Crippen molar-refractivity contribution in [2.24, 2.45) is 5.92 Å². The van der Waals surface area contributed by atoms with Gasteiger partial charge in [0, 0.05) is 6.20 Å². The number of aromatic nitrogens is 2. The van der Waals surface area contributed by atoms with Crippen molar-refractivity contribution >= 4 is 11.9 Å². The van der Waals surface area contributed by atoms with E-state index >= 15 is 0 Å². The van der Waals surface area contributed by atoms with E-state index in [1.54, 1.807) is 13.8 Å². The van der Waals surface area contributed by atoms with Crippen molar-refractivity contribution in [3.63, 3.8) is 0 Å². The van der Waals surface area contributed by atoms with Gasteiger partial charge >= 0.3 is 12.1 Å². The van der Waals surface area contributed by atoms with Crippen LogP contribution in [0.4, 0.5) is 13.2 Å². The maximum Gasteiger partial charge on any atom is 0.435 e. The molecule has 0 unspecified atom stereocenters. The van der Waals surface area contributed by atoms with E-state index in [-0.39, 0.29) is 5.92 Å². The number of alkyl halides is 3. The molecule has 118 valence electrons. The molecule has 0 radical (unpaired) electrons. The number of nitrogens with one attached hydrogen (secondary N) is 1. The number of esters is 1. The van der Waals surface area contributed by atoms with Crippen molar-refractivity contribution in [3.05, 3.63) is 18.0 Å². The van der Waals surface area contributed by atoms with Gasteiger partial charge in [-0.2, -0.15) is 18.3 Å².